The lowest BCUT2D eigenvalue weighted by molar-refractivity contribution is 0.170. The van der Waals surface area contributed by atoms with Crippen LogP contribution in [0.3, 0.4) is 0 Å². The van der Waals surface area contributed by atoms with Gasteiger partial charge in [0.2, 0.25) is 0 Å². The zero-order valence-corrected chi connectivity index (χ0v) is 13.1. The predicted octanol–water partition coefficient (Wildman–Crippen LogP) is 4.82. The van der Waals surface area contributed by atoms with E-state index in [-0.39, 0.29) is 11.5 Å². The lowest BCUT2D eigenvalue weighted by atomic mass is 9.69. The third kappa shape index (κ3) is 2.77. The van der Waals surface area contributed by atoms with Gasteiger partial charge in [0.05, 0.1) is 7.11 Å². The molecule has 1 aliphatic carbocycles. The van der Waals surface area contributed by atoms with Gasteiger partial charge < -0.3 is 10.5 Å². The van der Waals surface area contributed by atoms with Crippen LogP contribution in [-0.4, -0.2) is 7.11 Å². The van der Waals surface area contributed by atoms with Crippen LogP contribution in [0.5, 0.6) is 5.75 Å². The van der Waals surface area contributed by atoms with E-state index in [9.17, 15) is 0 Å². The largest absolute Gasteiger partial charge is 0.497 e. The first-order valence-corrected chi connectivity index (χ1v) is 7.96. The summed E-state index contributed by atoms with van der Waals surface area (Å²) in [6.07, 6.45) is 6.48. The molecule has 0 radical (unpaired) electrons. The van der Waals surface area contributed by atoms with Gasteiger partial charge in [-0.25, -0.2) is 0 Å². The van der Waals surface area contributed by atoms with E-state index in [1.54, 1.807) is 7.11 Å². The summed E-state index contributed by atoms with van der Waals surface area (Å²) in [4.78, 5) is 0. The van der Waals surface area contributed by atoms with Crippen molar-refractivity contribution in [1.29, 1.82) is 0 Å². The van der Waals surface area contributed by atoms with Crippen molar-refractivity contribution in [3.63, 3.8) is 0 Å². The first kappa shape index (κ1) is 14.4. The molecule has 112 valence electrons. The fourth-order valence-electron chi connectivity index (χ4n) is 3.64. The molecule has 1 fully saturated rings. The molecule has 2 aromatic carbocycles. The molecule has 1 atom stereocenters. The van der Waals surface area contributed by atoms with Crippen molar-refractivity contribution in [2.75, 3.05) is 7.11 Å². The van der Waals surface area contributed by atoms with Crippen LogP contribution >= 0.6 is 0 Å². The Morgan fingerprint density at radius 1 is 1.00 bits per heavy atom. The Hall–Kier alpha value is -1.54. The molecular formula is C19H25NO. The van der Waals surface area contributed by atoms with E-state index in [2.05, 4.69) is 37.3 Å². The lowest BCUT2D eigenvalue weighted by Crippen LogP contribution is -2.33. The predicted molar refractivity (Wildman–Crippen MR) is 88.6 cm³/mol. The average Bonchev–Trinajstić information content (AvgIpc) is 2.53. The average molecular weight is 283 g/mol. The monoisotopic (exact) mass is 283 g/mol. The maximum absolute atomic E-state index is 6.63. The molecular weight excluding hydrogens is 258 g/mol. The van der Waals surface area contributed by atoms with Gasteiger partial charge in [-0.3, -0.25) is 0 Å². The summed E-state index contributed by atoms with van der Waals surface area (Å²) in [7, 11) is 1.70. The highest BCUT2D eigenvalue weighted by atomic mass is 16.5. The van der Waals surface area contributed by atoms with Gasteiger partial charge in [-0.15, -0.1) is 0 Å². The van der Waals surface area contributed by atoms with Crippen LogP contribution in [0.1, 0.15) is 50.6 Å². The molecule has 2 aromatic rings. The van der Waals surface area contributed by atoms with Crippen LogP contribution in [0.2, 0.25) is 0 Å². The maximum Gasteiger partial charge on any atom is 0.119 e. The van der Waals surface area contributed by atoms with E-state index < -0.39 is 0 Å². The van der Waals surface area contributed by atoms with E-state index in [0.29, 0.717) is 0 Å². The third-order valence-corrected chi connectivity index (χ3v) is 5.18. The number of methoxy groups -OCH3 is 1. The number of nitrogens with two attached hydrogens (primary N) is 1. The van der Waals surface area contributed by atoms with Gasteiger partial charge in [0.15, 0.2) is 0 Å². The first-order valence-electron chi connectivity index (χ1n) is 7.96. The minimum Gasteiger partial charge on any atom is -0.497 e. The van der Waals surface area contributed by atoms with E-state index in [4.69, 9.17) is 10.5 Å². The van der Waals surface area contributed by atoms with Crippen molar-refractivity contribution in [3.8, 4) is 5.75 Å². The number of fused-ring (bicyclic) bond motifs is 1. The highest BCUT2D eigenvalue weighted by Gasteiger charge is 2.34. The smallest absolute Gasteiger partial charge is 0.119 e. The van der Waals surface area contributed by atoms with E-state index in [1.165, 1.54) is 48.4 Å². The van der Waals surface area contributed by atoms with Crippen LogP contribution in [0, 0.1) is 5.41 Å². The van der Waals surface area contributed by atoms with Gasteiger partial charge in [0, 0.05) is 6.04 Å². The number of hydrogen-bond donors (Lipinski definition) is 1. The molecule has 21 heavy (non-hydrogen) atoms. The van der Waals surface area contributed by atoms with Crippen molar-refractivity contribution >= 4 is 10.8 Å². The summed E-state index contributed by atoms with van der Waals surface area (Å²) < 4.78 is 5.29. The quantitative estimate of drug-likeness (QED) is 0.876. The molecule has 2 N–H and O–H groups in total. The number of benzene rings is 2. The molecule has 0 amide bonds. The van der Waals surface area contributed by atoms with Crippen molar-refractivity contribution in [2.45, 2.75) is 45.1 Å². The van der Waals surface area contributed by atoms with Crippen LogP contribution < -0.4 is 10.5 Å². The molecule has 0 aromatic heterocycles. The second kappa shape index (κ2) is 5.69. The Balaban J connectivity index is 1.93. The molecule has 2 nitrogen and oxygen atoms in total. The Bertz CT molecular complexity index is 628. The van der Waals surface area contributed by atoms with Gasteiger partial charge >= 0.3 is 0 Å². The summed E-state index contributed by atoms with van der Waals surface area (Å²) in [5.74, 6) is 0.902. The Kier molecular flexibility index (Phi) is 3.90. The Labute approximate surface area is 127 Å². The molecule has 1 saturated carbocycles. The fourth-order valence-corrected chi connectivity index (χ4v) is 3.64. The number of rotatable bonds is 3. The van der Waals surface area contributed by atoms with Crippen LogP contribution in [0.4, 0.5) is 0 Å². The molecule has 0 bridgehead atoms. The summed E-state index contributed by atoms with van der Waals surface area (Å²) in [5.41, 5.74) is 8.14. The van der Waals surface area contributed by atoms with E-state index in [0.717, 1.165) is 5.75 Å². The van der Waals surface area contributed by atoms with Gasteiger partial charge in [-0.2, -0.15) is 0 Å². The third-order valence-electron chi connectivity index (χ3n) is 5.18. The summed E-state index contributed by atoms with van der Waals surface area (Å²) in [5, 5.41) is 2.45. The van der Waals surface area contributed by atoms with Crippen molar-refractivity contribution in [3.05, 3.63) is 42.0 Å². The molecule has 0 spiro atoms. The minimum absolute atomic E-state index is 0.129. The second-order valence-corrected chi connectivity index (χ2v) is 6.66. The highest BCUT2D eigenvalue weighted by molar-refractivity contribution is 5.84. The number of hydrogen-bond acceptors (Lipinski definition) is 2. The molecule has 1 aliphatic rings. The topological polar surface area (TPSA) is 35.2 Å². The normalized spacial score (nSPS) is 19.4. The highest BCUT2D eigenvalue weighted by Crippen LogP contribution is 2.44. The Morgan fingerprint density at radius 2 is 1.67 bits per heavy atom. The fraction of sp³-hybridized carbons (Fsp3) is 0.474. The number of ether oxygens (including phenoxy) is 1. The van der Waals surface area contributed by atoms with Crippen LogP contribution in [-0.2, 0) is 0 Å². The zero-order chi connectivity index (χ0) is 14.9. The summed E-state index contributed by atoms with van der Waals surface area (Å²) in [6.45, 7) is 2.36. The van der Waals surface area contributed by atoms with Crippen molar-refractivity contribution < 1.29 is 4.74 Å². The summed E-state index contributed by atoms with van der Waals surface area (Å²) >= 11 is 0. The maximum atomic E-state index is 6.63. The molecule has 1 unspecified atom stereocenters. The lowest BCUT2D eigenvalue weighted by Gasteiger charge is -2.39. The Morgan fingerprint density at radius 3 is 2.38 bits per heavy atom. The van der Waals surface area contributed by atoms with Crippen molar-refractivity contribution in [2.24, 2.45) is 11.1 Å². The standard InChI is InChI=1S/C19H25NO/c1-19(10-4-3-5-11-19)18(20)16-7-6-15-13-17(21-2)9-8-14(15)12-16/h6-9,12-13,18H,3-5,10-11,20H2,1-2H3. The van der Waals surface area contributed by atoms with Gasteiger partial charge in [0.25, 0.3) is 0 Å². The molecule has 0 heterocycles. The van der Waals surface area contributed by atoms with Crippen LogP contribution in [0.15, 0.2) is 36.4 Å². The molecule has 2 heteroatoms. The second-order valence-electron chi connectivity index (χ2n) is 6.66. The molecule has 0 aliphatic heterocycles. The van der Waals surface area contributed by atoms with Gasteiger partial charge in [-0.1, -0.05) is 44.4 Å². The van der Waals surface area contributed by atoms with Crippen LogP contribution in [0.25, 0.3) is 10.8 Å². The zero-order valence-electron chi connectivity index (χ0n) is 13.1. The molecule has 0 saturated heterocycles. The van der Waals surface area contributed by atoms with Crippen molar-refractivity contribution in [1.82, 2.24) is 0 Å². The first-order chi connectivity index (χ1) is 10.1. The summed E-state index contributed by atoms with van der Waals surface area (Å²) in [6, 6.07) is 12.9. The minimum atomic E-state index is 0.129. The van der Waals surface area contributed by atoms with Gasteiger partial charge in [-0.05, 0) is 52.8 Å². The van der Waals surface area contributed by atoms with E-state index in [1.807, 2.05) is 6.07 Å². The van der Waals surface area contributed by atoms with Gasteiger partial charge in [0.1, 0.15) is 5.75 Å². The SMILES string of the molecule is COc1ccc2cc(C(N)C3(C)CCCCC3)ccc2c1. The molecule has 3 rings (SSSR count). The van der Waals surface area contributed by atoms with E-state index >= 15 is 0 Å².